The molecule has 174 valence electrons. The SMILES string of the molecule is CN(CCCC(=O)OC(C)(C)C)C(=O)c1ccc(Cl)c(S(=O)(=O)NCc2ccccc2)c1. The maximum atomic E-state index is 12.8. The van der Waals surface area contributed by atoms with Gasteiger partial charge in [-0.1, -0.05) is 41.9 Å². The maximum absolute atomic E-state index is 12.8. The van der Waals surface area contributed by atoms with E-state index in [1.807, 2.05) is 18.2 Å². The van der Waals surface area contributed by atoms with Crippen LogP contribution in [0.15, 0.2) is 53.4 Å². The molecule has 1 amide bonds. The van der Waals surface area contributed by atoms with Crippen LogP contribution in [0.5, 0.6) is 0 Å². The molecule has 32 heavy (non-hydrogen) atoms. The quantitative estimate of drug-likeness (QED) is 0.547. The monoisotopic (exact) mass is 480 g/mol. The van der Waals surface area contributed by atoms with Crippen molar-refractivity contribution in [1.29, 1.82) is 0 Å². The lowest BCUT2D eigenvalue weighted by Crippen LogP contribution is -2.29. The van der Waals surface area contributed by atoms with Gasteiger partial charge in [0, 0.05) is 32.1 Å². The fourth-order valence-corrected chi connectivity index (χ4v) is 4.41. The number of hydrogen-bond donors (Lipinski definition) is 1. The standard InChI is InChI=1S/C23H29ClN2O5S/c1-23(2,3)31-21(27)11-8-14-26(4)22(28)18-12-13-19(24)20(15-18)32(29,30)25-16-17-9-6-5-7-10-17/h5-7,9-10,12-13,15,25H,8,11,14,16H2,1-4H3. The number of nitrogens with one attached hydrogen (secondary N) is 1. The van der Waals surface area contributed by atoms with E-state index in [2.05, 4.69) is 4.72 Å². The molecule has 2 aromatic rings. The van der Waals surface area contributed by atoms with Crippen LogP contribution in [0.4, 0.5) is 0 Å². The first-order valence-corrected chi connectivity index (χ1v) is 12.1. The lowest BCUT2D eigenvalue weighted by atomic mass is 10.2. The van der Waals surface area contributed by atoms with E-state index in [0.717, 1.165) is 5.56 Å². The molecular weight excluding hydrogens is 452 g/mol. The number of esters is 1. The molecule has 0 aliphatic carbocycles. The molecule has 0 atom stereocenters. The lowest BCUT2D eigenvalue weighted by molar-refractivity contribution is -0.154. The summed E-state index contributed by atoms with van der Waals surface area (Å²) in [7, 11) is -2.34. The van der Waals surface area contributed by atoms with Gasteiger partial charge in [-0.2, -0.15) is 0 Å². The van der Waals surface area contributed by atoms with Crippen LogP contribution in [-0.4, -0.2) is 44.4 Å². The van der Waals surface area contributed by atoms with Crippen molar-refractivity contribution in [3.8, 4) is 0 Å². The summed E-state index contributed by atoms with van der Waals surface area (Å²) in [6, 6.07) is 13.2. The summed E-state index contributed by atoms with van der Waals surface area (Å²) < 4.78 is 33.3. The average Bonchev–Trinajstić information content (AvgIpc) is 2.71. The Kier molecular flexibility index (Phi) is 8.83. The molecule has 0 saturated carbocycles. The molecule has 0 heterocycles. The number of rotatable bonds is 9. The summed E-state index contributed by atoms with van der Waals surface area (Å²) in [5.41, 5.74) is 0.428. The van der Waals surface area contributed by atoms with Crippen molar-refractivity contribution in [2.45, 2.75) is 50.7 Å². The van der Waals surface area contributed by atoms with E-state index in [-0.39, 0.29) is 40.3 Å². The molecule has 0 radical (unpaired) electrons. The van der Waals surface area contributed by atoms with Gasteiger partial charge in [-0.25, -0.2) is 13.1 Å². The van der Waals surface area contributed by atoms with Gasteiger partial charge in [0.15, 0.2) is 0 Å². The second-order valence-corrected chi connectivity index (χ2v) is 10.5. The summed E-state index contributed by atoms with van der Waals surface area (Å²) in [4.78, 5) is 25.9. The van der Waals surface area contributed by atoms with Crippen LogP contribution in [-0.2, 0) is 26.1 Å². The molecule has 7 nitrogen and oxygen atoms in total. The van der Waals surface area contributed by atoms with Crippen molar-refractivity contribution < 1.29 is 22.7 Å². The molecule has 0 aromatic heterocycles. The first-order chi connectivity index (χ1) is 14.9. The lowest BCUT2D eigenvalue weighted by Gasteiger charge is -2.21. The molecule has 0 bridgehead atoms. The molecule has 0 aliphatic rings. The minimum Gasteiger partial charge on any atom is -0.460 e. The van der Waals surface area contributed by atoms with Gasteiger partial charge in [-0.15, -0.1) is 0 Å². The molecule has 2 rings (SSSR count). The topological polar surface area (TPSA) is 92.8 Å². The van der Waals surface area contributed by atoms with Crippen molar-refractivity contribution in [3.05, 3.63) is 64.7 Å². The van der Waals surface area contributed by atoms with Gasteiger partial charge in [0.05, 0.1) is 5.02 Å². The Morgan fingerprint density at radius 1 is 1.09 bits per heavy atom. The van der Waals surface area contributed by atoms with Gasteiger partial charge in [0.1, 0.15) is 10.5 Å². The third-order valence-electron chi connectivity index (χ3n) is 4.42. The molecule has 0 spiro atoms. The second-order valence-electron chi connectivity index (χ2n) is 8.37. The van der Waals surface area contributed by atoms with E-state index in [9.17, 15) is 18.0 Å². The van der Waals surface area contributed by atoms with E-state index in [4.69, 9.17) is 16.3 Å². The van der Waals surface area contributed by atoms with Crippen molar-refractivity contribution in [2.24, 2.45) is 0 Å². The highest BCUT2D eigenvalue weighted by Crippen LogP contribution is 2.23. The Morgan fingerprint density at radius 2 is 1.75 bits per heavy atom. The van der Waals surface area contributed by atoms with Crippen LogP contribution < -0.4 is 4.72 Å². The minimum absolute atomic E-state index is 0.0229. The van der Waals surface area contributed by atoms with E-state index in [1.54, 1.807) is 40.0 Å². The number of nitrogens with zero attached hydrogens (tertiary/aromatic N) is 1. The average molecular weight is 481 g/mol. The molecule has 9 heteroatoms. The molecule has 0 fully saturated rings. The van der Waals surface area contributed by atoms with E-state index in [0.29, 0.717) is 13.0 Å². The highest BCUT2D eigenvalue weighted by molar-refractivity contribution is 7.89. The Bertz CT molecular complexity index is 1050. The number of carbonyl (C=O) groups excluding carboxylic acids is 2. The normalized spacial score (nSPS) is 11.8. The first kappa shape index (κ1) is 25.8. The van der Waals surface area contributed by atoms with Crippen LogP contribution >= 0.6 is 11.6 Å². The zero-order chi connectivity index (χ0) is 23.9. The fraction of sp³-hybridized carbons (Fsp3) is 0.391. The van der Waals surface area contributed by atoms with Gasteiger partial charge in [-0.3, -0.25) is 9.59 Å². The van der Waals surface area contributed by atoms with Crippen molar-refractivity contribution in [1.82, 2.24) is 9.62 Å². The van der Waals surface area contributed by atoms with E-state index in [1.165, 1.54) is 23.1 Å². The highest BCUT2D eigenvalue weighted by Gasteiger charge is 2.22. The predicted molar refractivity (Wildman–Crippen MR) is 124 cm³/mol. The largest absolute Gasteiger partial charge is 0.460 e. The Hall–Kier alpha value is -2.42. The minimum atomic E-state index is -3.93. The summed E-state index contributed by atoms with van der Waals surface area (Å²) >= 11 is 6.12. The third-order valence-corrected chi connectivity index (χ3v) is 6.30. The number of ether oxygens (including phenoxy) is 1. The number of carbonyl (C=O) groups is 2. The maximum Gasteiger partial charge on any atom is 0.306 e. The highest BCUT2D eigenvalue weighted by atomic mass is 35.5. The zero-order valence-electron chi connectivity index (χ0n) is 18.7. The summed E-state index contributed by atoms with van der Waals surface area (Å²) in [6.45, 7) is 5.79. The van der Waals surface area contributed by atoms with Gasteiger partial charge in [0.25, 0.3) is 5.91 Å². The second kappa shape index (κ2) is 10.9. The van der Waals surface area contributed by atoms with Crippen LogP contribution in [0.3, 0.4) is 0 Å². The van der Waals surface area contributed by atoms with Gasteiger partial charge >= 0.3 is 5.97 Å². The molecule has 1 N–H and O–H groups in total. The summed E-state index contributed by atoms with van der Waals surface area (Å²) in [5, 5.41) is 0.0229. The number of amides is 1. The number of sulfonamides is 1. The number of benzene rings is 2. The number of halogens is 1. The van der Waals surface area contributed by atoms with Gasteiger partial charge in [0.2, 0.25) is 10.0 Å². The van der Waals surface area contributed by atoms with E-state index < -0.39 is 15.6 Å². The molecular formula is C23H29ClN2O5S. The van der Waals surface area contributed by atoms with Crippen molar-refractivity contribution in [3.63, 3.8) is 0 Å². The molecule has 0 unspecified atom stereocenters. The van der Waals surface area contributed by atoms with Gasteiger partial charge < -0.3 is 9.64 Å². The Labute approximate surface area is 194 Å². The van der Waals surface area contributed by atoms with Crippen LogP contribution in [0, 0.1) is 0 Å². The Balaban J connectivity index is 2.03. The first-order valence-electron chi connectivity index (χ1n) is 10.2. The summed E-state index contributed by atoms with van der Waals surface area (Å²) in [6.07, 6.45) is 0.604. The molecule has 0 aliphatic heterocycles. The summed E-state index contributed by atoms with van der Waals surface area (Å²) in [5.74, 6) is -0.701. The van der Waals surface area contributed by atoms with Crippen molar-refractivity contribution in [2.75, 3.05) is 13.6 Å². The fourth-order valence-electron chi connectivity index (χ4n) is 2.87. The van der Waals surface area contributed by atoms with Crippen LogP contribution in [0.2, 0.25) is 5.02 Å². The third kappa shape index (κ3) is 7.93. The molecule has 2 aromatic carbocycles. The zero-order valence-corrected chi connectivity index (χ0v) is 20.3. The van der Waals surface area contributed by atoms with E-state index >= 15 is 0 Å². The van der Waals surface area contributed by atoms with Crippen LogP contribution in [0.1, 0.15) is 49.5 Å². The van der Waals surface area contributed by atoms with Crippen molar-refractivity contribution >= 4 is 33.5 Å². The molecule has 0 saturated heterocycles. The predicted octanol–water partition coefficient (Wildman–Crippen LogP) is 4.01. The van der Waals surface area contributed by atoms with Crippen LogP contribution in [0.25, 0.3) is 0 Å². The Morgan fingerprint density at radius 3 is 2.38 bits per heavy atom. The number of hydrogen-bond acceptors (Lipinski definition) is 5. The smallest absolute Gasteiger partial charge is 0.306 e. The van der Waals surface area contributed by atoms with Gasteiger partial charge in [-0.05, 0) is 51.0 Å².